The molecule has 0 radical (unpaired) electrons. The lowest BCUT2D eigenvalue weighted by molar-refractivity contribution is -0.122. The molecule has 2 N–H and O–H groups in total. The first-order valence-corrected chi connectivity index (χ1v) is 9.46. The van der Waals surface area contributed by atoms with Crippen molar-refractivity contribution in [2.75, 3.05) is 18.1 Å². The van der Waals surface area contributed by atoms with Crippen LogP contribution in [0.25, 0.3) is 0 Å². The van der Waals surface area contributed by atoms with E-state index < -0.39 is 9.84 Å². The summed E-state index contributed by atoms with van der Waals surface area (Å²) in [6.07, 6.45) is 0.175. The summed E-state index contributed by atoms with van der Waals surface area (Å²) in [6, 6.07) is 7.27. The molecule has 7 heteroatoms. The number of amides is 1. The van der Waals surface area contributed by atoms with Crippen molar-refractivity contribution in [1.29, 1.82) is 0 Å². The van der Waals surface area contributed by atoms with E-state index in [1.807, 2.05) is 31.2 Å². The van der Waals surface area contributed by atoms with E-state index in [4.69, 9.17) is 0 Å². The lowest BCUT2D eigenvalue weighted by Gasteiger charge is -2.24. The summed E-state index contributed by atoms with van der Waals surface area (Å²) in [7, 11) is -3.01. The van der Waals surface area contributed by atoms with Gasteiger partial charge in [-0.1, -0.05) is 34.1 Å². The highest BCUT2D eigenvalue weighted by molar-refractivity contribution is 9.10. The van der Waals surface area contributed by atoms with Gasteiger partial charge in [0.25, 0.3) is 0 Å². The minimum Gasteiger partial charge on any atom is -0.349 e. The molecule has 1 heterocycles. The molecule has 1 aromatic carbocycles. The molecule has 1 aromatic rings. The van der Waals surface area contributed by atoms with Crippen LogP contribution in [0.2, 0.25) is 0 Å². The van der Waals surface area contributed by atoms with Gasteiger partial charge in [-0.15, -0.1) is 0 Å². The van der Waals surface area contributed by atoms with Gasteiger partial charge in [0, 0.05) is 23.5 Å². The van der Waals surface area contributed by atoms with Gasteiger partial charge in [-0.25, -0.2) is 8.42 Å². The van der Waals surface area contributed by atoms with Crippen LogP contribution >= 0.6 is 15.9 Å². The number of hydrogen-bond donors (Lipinski definition) is 2. The van der Waals surface area contributed by atoms with Gasteiger partial charge in [0.2, 0.25) is 5.91 Å². The average molecular weight is 375 g/mol. The van der Waals surface area contributed by atoms with E-state index in [9.17, 15) is 13.2 Å². The summed E-state index contributed by atoms with van der Waals surface area (Å²) >= 11 is 3.46. The molecule has 0 saturated carbocycles. The predicted octanol–water partition coefficient (Wildman–Crippen LogP) is 1.40. The highest BCUT2D eigenvalue weighted by Crippen LogP contribution is 2.22. The Balaban J connectivity index is 1.91. The molecule has 116 valence electrons. The van der Waals surface area contributed by atoms with Gasteiger partial charge in [0.1, 0.15) is 0 Å². The number of carbonyl (C=O) groups excluding carboxylic acids is 1. The lowest BCUT2D eigenvalue weighted by Crippen LogP contribution is -2.47. The van der Waals surface area contributed by atoms with Gasteiger partial charge in [0.05, 0.1) is 17.5 Å². The first-order chi connectivity index (χ1) is 9.87. The van der Waals surface area contributed by atoms with Gasteiger partial charge in [0.15, 0.2) is 9.84 Å². The fraction of sp³-hybridized carbons (Fsp3) is 0.500. The Bertz CT molecular complexity index is 618. The second-order valence-corrected chi connectivity index (χ2v) is 8.36. The summed E-state index contributed by atoms with van der Waals surface area (Å²) in [5.41, 5.74) is 0.995. The van der Waals surface area contributed by atoms with Crippen LogP contribution in [0.1, 0.15) is 24.9 Å². The number of sulfone groups is 1. The molecule has 0 aliphatic carbocycles. The molecule has 0 spiro atoms. The van der Waals surface area contributed by atoms with Crippen LogP contribution in [0, 0.1) is 0 Å². The molecule has 21 heavy (non-hydrogen) atoms. The number of nitrogens with one attached hydrogen (secondary N) is 2. The molecular formula is C14H19BrN2O3S. The maximum atomic E-state index is 12.1. The third-order valence-electron chi connectivity index (χ3n) is 3.48. The van der Waals surface area contributed by atoms with E-state index >= 15 is 0 Å². The predicted molar refractivity (Wildman–Crippen MR) is 85.8 cm³/mol. The van der Waals surface area contributed by atoms with Crippen molar-refractivity contribution in [2.24, 2.45) is 0 Å². The Morgan fingerprint density at radius 2 is 2.19 bits per heavy atom. The second-order valence-electron chi connectivity index (χ2n) is 5.28. The minimum atomic E-state index is -3.01. The van der Waals surface area contributed by atoms with E-state index in [2.05, 4.69) is 26.6 Å². The highest BCUT2D eigenvalue weighted by Gasteiger charge is 2.26. The molecule has 1 amide bonds. The zero-order valence-electron chi connectivity index (χ0n) is 11.8. The standard InChI is InChI=1S/C14H19BrN2O3S/c1-10(12-4-2-3-5-13(12)15)17-14(18)8-11-9-21(19,20)7-6-16-11/h2-5,10-11,16H,6-9H2,1H3,(H,17,18). The molecule has 0 bridgehead atoms. The van der Waals surface area contributed by atoms with Crippen molar-refractivity contribution in [3.8, 4) is 0 Å². The molecule has 2 unspecified atom stereocenters. The first-order valence-electron chi connectivity index (χ1n) is 6.85. The first kappa shape index (κ1) is 16.5. The van der Waals surface area contributed by atoms with Gasteiger partial charge >= 0.3 is 0 Å². The summed E-state index contributed by atoms with van der Waals surface area (Å²) in [6.45, 7) is 2.32. The van der Waals surface area contributed by atoms with Crippen molar-refractivity contribution in [1.82, 2.24) is 10.6 Å². The summed E-state index contributed by atoms with van der Waals surface area (Å²) < 4.78 is 24.0. The van der Waals surface area contributed by atoms with Crippen molar-refractivity contribution < 1.29 is 13.2 Å². The van der Waals surface area contributed by atoms with Crippen molar-refractivity contribution in [3.63, 3.8) is 0 Å². The Hall–Kier alpha value is -0.920. The Labute approximate surface area is 133 Å². The topological polar surface area (TPSA) is 75.3 Å². The van der Waals surface area contributed by atoms with E-state index in [1.165, 1.54) is 0 Å². The maximum Gasteiger partial charge on any atom is 0.222 e. The monoisotopic (exact) mass is 374 g/mol. The quantitative estimate of drug-likeness (QED) is 0.835. The zero-order valence-corrected chi connectivity index (χ0v) is 14.2. The second kappa shape index (κ2) is 6.89. The Morgan fingerprint density at radius 3 is 2.86 bits per heavy atom. The van der Waals surface area contributed by atoms with Crippen LogP contribution < -0.4 is 10.6 Å². The van der Waals surface area contributed by atoms with Crippen LogP contribution in [-0.2, 0) is 14.6 Å². The summed E-state index contributed by atoms with van der Waals surface area (Å²) in [5.74, 6) is 0.0373. The van der Waals surface area contributed by atoms with Crippen molar-refractivity contribution in [2.45, 2.75) is 25.4 Å². The van der Waals surface area contributed by atoms with Crippen LogP contribution in [0.15, 0.2) is 28.7 Å². The van der Waals surface area contributed by atoms with Gasteiger partial charge in [-0.2, -0.15) is 0 Å². The summed E-state index contributed by atoms with van der Waals surface area (Å²) in [5, 5.41) is 5.99. The molecule has 1 fully saturated rings. The van der Waals surface area contributed by atoms with Crippen LogP contribution in [-0.4, -0.2) is 38.4 Å². The fourth-order valence-electron chi connectivity index (χ4n) is 2.43. The number of benzene rings is 1. The third kappa shape index (κ3) is 4.79. The van der Waals surface area contributed by atoms with E-state index in [0.717, 1.165) is 10.0 Å². The van der Waals surface area contributed by atoms with Crippen LogP contribution in [0.4, 0.5) is 0 Å². The Morgan fingerprint density at radius 1 is 1.48 bits per heavy atom. The van der Waals surface area contributed by atoms with Gasteiger partial charge in [-0.3, -0.25) is 4.79 Å². The largest absolute Gasteiger partial charge is 0.349 e. The van der Waals surface area contributed by atoms with Crippen LogP contribution in [0.3, 0.4) is 0 Å². The molecule has 2 rings (SSSR count). The van der Waals surface area contributed by atoms with Crippen molar-refractivity contribution in [3.05, 3.63) is 34.3 Å². The number of halogens is 1. The number of rotatable bonds is 4. The SMILES string of the molecule is CC(NC(=O)CC1CS(=O)(=O)CCN1)c1ccccc1Br. The smallest absolute Gasteiger partial charge is 0.222 e. The summed E-state index contributed by atoms with van der Waals surface area (Å²) in [4.78, 5) is 12.1. The molecule has 1 aliphatic heterocycles. The fourth-order valence-corrected chi connectivity index (χ4v) is 4.50. The Kier molecular flexibility index (Phi) is 5.40. The molecule has 1 saturated heterocycles. The molecule has 2 atom stereocenters. The van der Waals surface area contributed by atoms with Crippen molar-refractivity contribution >= 4 is 31.7 Å². The zero-order chi connectivity index (χ0) is 15.5. The third-order valence-corrected chi connectivity index (χ3v) is 5.94. The number of hydrogen-bond acceptors (Lipinski definition) is 4. The van der Waals surface area contributed by atoms with Gasteiger partial charge in [-0.05, 0) is 18.6 Å². The van der Waals surface area contributed by atoms with E-state index in [1.54, 1.807) is 0 Å². The highest BCUT2D eigenvalue weighted by atomic mass is 79.9. The average Bonchev–Trinajstić information content (AvgIpc) is 2.37. The molecular weight excluding hydrogens is 356 g/mol. The van der Waals surface area contributed by atoms with Crippen LogP contribution in [0.5, 0.6) is 0 Å². The van der Waals surface area contributed by atoms with E-state index in [0.29, 0.717) is 6.54 Å². The lowest BCUT2D eigenvalue weighted by atomic mass is 10.1. The van der Waals surface area contributed by atoms with Gasteiger partial charge < -0.3 is 10.6 Å². The molecule has 1 aliphatic rings. The molecule has 0 aromatic heterocycles. The number of carbonyl (C=O) groups is 1. The maximum absolute atomic E-state index is 12.1. The van der Waals surface area contributed by atoms with E-state index in [-0.39, 0.29) is 35.9 Å². The normalized spacial score (nSPS) is 22.5. The minimum absolute atomic E-state index is 0.0316. The molecule has 5 nitrogen and oxygen atoms in total.